The fourth-order valence-electron chi connectivity index (χ4n) is 2.59. The van der Waals surface area contributed by atoms with Gasteiger partial charge in [-0.1, -0.05) is 0 Å². The zero-order valence-electron chi connectivity index (χ0n) is 11.2. The van der Waals surface area contributed by atoms with E-state index < -0.39 is 31.3 Å². The average molecular weight is 316 g/mol. The SMILES string of the molecule is O=C(OC1C(CCC2CNC2)CN1CC(F)F)C(F)(F)F. The van der Waals surface area contributed by atoms with Crippen molar-refractivity contribution in [3.05, 3.63) is 0 Å². The van der Waals surface area contributed by atoms with Crippen molar-refractivity contribution in [2.24, 2.45) is 11.8 Å². The molecule has 2 aliphatic heterocycles. The Morgan fingerprint density at radius 1 is 1.29 bits per heavy atom. The molecule has 2 unspecified atom stereocenters. The van der Waals surface area contributed by atoms with Crippen LogP contribution in [0.15, 0.2) is 0 Å². The summed E-state index contributed by atoms with van der Waals surface area (Å²) in [6, 6.07) is 0. The van der Waals surface area contributed by atoms with Crippen LogP contribution in [0.3, 0.4) is 0 Å². The maximum absolute atomic E-state index is 12.3. The van der Waals surface area contributed by atoms with Gasteiger partial charge in [-0.3, -0.25) is 4.90 Å². The second-order valence-electron chi connectivity index (χ2n) is 5.50. The smallest absolute Gasteiger partial charge is 0.439 e. The molecule has 0 saturated carbocycles. The van der Waals surface area contributed by atoms with Gasteiger partial charge in [-0.15, -0.1) is 0 Å². The predicted octanol–water partition coefficient (Wildman–Crippen LogP) is 1.61. The Hall–Kier alpha value is -0.960. The summed E-state index contributed by atoms with van der Waals surface area (Å²) in [4.78, 5) is 12.0. The van der Waals surface area contributed by atoms with Gasteiger partial charge in [-0.05, 0) is 31.8 Å². The number of nitrogens with zero attached hydrogens (tertiary/aromatic N) is 1. The Kier molecular flexibility index (Phi) is 5.03. The maximum Gasteiger partial charge on any atom is 0.490 e. The van der Waals surface area contributed by atoms with Crippen LogP contribution in [0.4, 0.5) is 22.0 Å². The van der Waals surface area contributed by atoms with Crippen LogP contribution in [0.2, 0.25) is 0 Å². The first-order valence-electron chi connectivity index (χ1n) is 6.78. The van der Waals surface area contributed by atoms with Crippen molar-refractivity contribution in [3.63, 3.8) is 0 Å². The molecule has 2 atom stereocenters. The van der Waals surface area contributed by atoms with Crippen LogP contribution in [-0.2, 0) is 9.53 Å². The molecule has 0 amide bonds. The van der Waals surface area contributed by atoms with Gasteiger partial charge >= 0.3 is 12.1 Å². The summed E-state index contributed by atoms with van der Waals surface area (Å²) in [7, 11) is 0. The predicted molar refractivity (Wildman–Crippen MR) is 62.6 cm³/mol. The van der Waals surface area contributed by atoms with Crippen molar-refractivity contribution in [2.75, 3.05) is 26.2 Å². The van der Waals surface area contributed by atoms with E-state index in [0.29, 0.717) is 12.3 Å². The molecule has 0 aromatic heterocycles. The fourth-order valence-corrected chi connectivity index (χ4v) is 2.59. The van der Waals surface area contributed by atoms with Gasteiger partial charge in [0.15, 0.2) is 6.23 Å². The van der Waals surface area contributed by atoms with E-state index in [4.69, 9.17) is 0 Å². The van der Waals surface area contributed by atoms with E-state index in [9.17, 15) is 26.7 Å². The standard InChI is InChI=1S/C12H17F5N2O2/c13-9(14)6-19-5-8(2-1-7-3-18-4-7)10(19)21-11(20)12(15,16)17/h7-10,18H,1-6H2. The molecule has 2 aliphatic rings. The number of esters is 1. The van der Waals surface area contributed by atoms with Crippen LogP contribution in [0, 0.1) is 11.8 Å². The van der Waals surface area contributed by atoms with Crippen molar-refractivity contribution in [1.82, 2.24) is 10.2 Å². The minimum Gasteiger partial charge on any atom is -0.439 e. The van der Waals surface area contributed by atoms with E-state index in [1.165, 1.54) is 0 Å². The number of halogens is 5. The van der Waals surface area contributed by atoms with Crippen molar-refractivity contribution < 1.29 is 31.5 Å². The third-order valence-electron chi connectivity index (χ3n) is 3.88. The van der Waals surface area contributed by atoms with Crippen LogP contribution in [0.5, 0.6) is 0 Å². The first-order chi connectivity index (χ1) is 9.77. The van der Waals surface area contributed by atoms with Crippen LogP contribution < -0.4 is 5.32 Å². The first-order valence-corrected chi connectivity index (χ1v) is 6.78. The Morgan fingerprint density at radius 3 is 2.43 bits per heavy atom. The molecule has 0 aliphatic carbocycles. The highest BCUT2D eigenvalue weighted by Gasteiger charge is 2.48. The molecule has 2 rings (SSSR count). The largest absolute Gasteiger partial charge is 0.490 e. The monoisotopic (exact) mass is 316 g/mol. The third-order valence-corrected chi connectivity index (χ3v) is 3.88. The van der Waals surface area contributed by atoms with E-state index in [1.54, 1.807) is 0 Å². The molecule has 122 valence electrons. The average Bonchev–Trinajstić information content (AvgIpc) is 2.29. The first kappa shape index (κ1) is 16.4. The van der Waals surface area contributed by atoms with E-state index in [1.807, 2.05) is 0 Å². The van der Waals surface area contributed by atoms with E-state index in [0.717, 1.165) is 24.4 Å². The lowest BCUT2D eigenvalue weighted by atomic mass is 9.86. The number of ether oxygens (including phenoxy) is 1. The van der Waals surface area contributed by atoms with Gasteiger partial charge < -0.3 is 10.1 Å². The van der Waals surface area contributed by atoms with E-state index in [-0.39, 0.29) is 12.5 Å². The van der Waals surface area contributed by atoms with Gasteiger partial charge in [0.05, 0.1) is 6.54 Å². The van der Waals surface area contributed by atoms with Gasteiger partial charge in [-0.2, -0.15) is 13.2 Å². The third kappa shape index (κ3) is 4.26. The molecule has 2 heterocycles. The minimum absolute atomic E-state index is 0.236. The summed E-state index contributed by atoms with van der Waals surface area (Å²) in [5.41, 5.74) is 0. The molecule has 0 spiro atoms. The summed E-state index contributed by atoms with van der Waals surface area (Å²) < 4.78 is 65.7. The van der Waals surface area contributed by atoms with Crippen molar-refractivity contribution in [2.45, 2.75) is 31.7 Å². The van der Waals surface area contributed by atoms with Crippen molar-refractivity contribution >= 4 is 5.97 Å². The molecule has 4 nitrogen and oxygen atoms in total. The Labute approximate surface area is 118 Å². The van der Waals surface area contributed by atoms with Crippen molar-refractivity contribution in [3.8, 4) is 0 Å². The van der Waals surface area contributed by atoms with Gasteiger partial charge in [0.1, 0.15) is 0 Å². The van der Waals surface area contributed by atoms with Crippen LogP contribution >= 0.6 is 0 Å². The topological polar surface area (TPSA) is 41.6 Å². The Balaban J connectivity index is 1.86. The van der Waals surface area contributed by atoms with E-state index in [2.05, 4.69) is 10.1 Å². The molecule has 0 aromatic rings. The molecule has 2 saturated heterocycles. The minimum atomic E-state index is -5.10. The van der Waals surface area contributed by atoms with Gasteiger partial charge in [0.2, 0.25) is 0 Å². The number of likely N-dealkylation sites (tertiary alicyclic amines) is 1. The highest BCUT2D eigenvalue weighted by Crippen LogP contribution is 2.33. The maximum atomic E-state index is 12.3. The number of carbonyl (C=O) groups excluding carboxylic acids is 1. The van der Waals surface area contributed by atoms with Crippen LogP contribution in [0.1, 0.15) is 12.8 Å². The van der Waals surface area contributed by atoms with Crippen molar-refractivity contribution in [1.29, 1.82) is 0 Å². The number of hydrogen-bond donors (Lipinski definition) is 1. The molecular weight excluding hydrogens is 299 g/mol. The summed E-state index contributed by atoms with van der Waals surface area (Å²) in [5, 5.41) is 3.08. The number of nitrogens with one attached hydrogen (secondary N) is 1. The fraction of sp³-hybridized carbons (Fsp3) is 0.917. The summed E-state index contributed by atoms with van der Waals surface area (Å²) in [6.45, 7) is 1.28. The summed E-state index contributed by atoms with van der Waals surface area (Å²) in [6.07, 6.45) is -7.61. The summed E-state index contributed by atoms with van der Waals surface area (Å²) in [5.74, 6) is -2.16. The molecule has 0 bridgehead atoms. The molecule has 1 N–H and O–H groups in total. The van der Waals surface area contributed by atoms with Gasteiger partial charge in [0.25, 0.3) is 6.43 Å². The second kappa shape index (κ2) is 6.43. The number of hydrogen-bond acceptors (Lipinski definition) is 4. The highest BCUT2D eigenvalue weighted by molar-refractivity contribution is 5.75. The molecule has 0 radical (unpaired) electrons. The van der Waals surface area contributed by atoms with Gasteiger partial charge in [-0.25, -0.2) is 13.6 Å². The molecular formula is C12H17F5N2O2. The van der Waals surface area contributed by atoms with Crippen LogP contribution in [-0.4, -0.2) is 55.9 Å². The second-order valence-corrected chi connectivity index (χ2v) is 5.50. The highest BCUT2D eigenvalue weighted by atomic mass is 19.4. The van der Waals surface area contributed by atoms with Crippen LogP contribution in [0.25, 0.3) is 0 Å². The lowest BCUT2D eigenvalue weighted by Gasteiger charge is -2.47. The Morgan fingerprint density at radius 2 is 1.95 bits per heavy atom. The molecule has 9 heteroatoms. The Bertz CT molecular complexity index is 373. The zero-order valence-corrected chi connectivity index (χ0v) is 11.2. The van der Waals surface area contributed by atoms with Gasteiger partial charge in [0, 0.05) is 12.5 Å². The zero-order chi connectivity index (χ0) is 15.6. The quantitative estimate of drug-likeness (QED) is 0.597. The number of carbonyl (C=O) groups is 1. The number of rotatable bonds is 6. The lowest BCUT2D eigenvalue weighted by Crippen LogP contribution is -2.60. The lowest BCUT2D eigenvalue weighted by molar-refractivity contribution is -0.235. The molecule has 2 fully saturated rings. The normalized spacial score (nSPS) is 27.3. The molecule has 21 heavy (non-hydrogen) atoms. The van der Waals surface area contributed by atoms with E-state index >= 15 is 0 Å². The number of alkyl halides is 5. The summed E-state index contributed by atoms with van der Waals surface area (Å²) >= 11 is 0. The molecule has 0 aromatic carbocycles.